The van der Waals surface area contributed by atoms with Crippen molar-refractivity contribution in [2.75, 3.05) is 18.9 Å². The van der Waals surface area contributed by atoms with Crippen LogP contribution in [-0.2, 0) is 19.5 Å². The summed E-state index contributed by atoms with van der Waals surface area (Å²) >= 11 is 0. The maximum Gasteiger partial charge on any atom is 0.347 e. The van der Waals surface area contributed by atoms with Crippen LogP contribution in [0, 0.1) is 0 Å². The lowest BCUT2D eigenvalue weighted by Crippen LogP contribution is -2.33. The number of rotatable bonds is 3. The van der Waals surface area contributed by atoms with Crippen LogP contribution in [0.5, 0.6) is 0 Å². The fourth-order valence-corrected chi connectivity index (χ4v) is 2.68. The first-order chi connectivity index (χ1) is 9.76. The maximum absolute atomic E-state index is 11.5. The van der Waals surface area contributed by atoms with Crippen LogP contribution in [0.4, 0.5) is 5.82 Å². The minimum Gasteiger partial charge on any atom is -0.373 e. The van der Waals surface area contributed by atoms with E-state index in [0.29, 0.717) is 5.82 Å². The number of hydrogen-bond acceptors (Lipinski definition) is 4. The van der Waals surface area contributed by atoms with E-state index in [-0.39, 0.29) is 5.69 Å². The van der Waals surface area contributed by atoms with E-state index in [1.807, 2.05) is 6.07 Å². The molecule has 0 bridgehead atoms. The molecule has 0 radical (unpaired) electrons. The fourth-order valence-electron chi connectivity index (χ4n) is 2.68. The number of hydrogen-bond donors (Lipinski definition) is 2. The highest BCUT2D eigenvalue weighted by Crippen LogP contribution is 2.22. The summed E-state index contributed by atoms with van der Waals surface area (Å²) in [6, 6.07) is 10.4. The van der Waals surface area contributed by atoms with Gasteiger partial charge < -0.3 is 10.3 Å². The Labute approximate surface area is 117 Å². The van der Waals surface area contributed by atoms with E-state index in [0.717, 1.165) is 37.3 Å². The minimum atomic E-state index is -0.274. The SMILES string of the molecule is CNc1nc(=O)[nH]c2c1CN(Cc1ccccc1)CC2. The van der Waals surface area contributed by atoms with Crippen LogP contribution in [0.15, 0.2) is 35.1 Å². The molecule has 0 unspecified atom stereocenters. The molecule has 0 atom stereocenters. The average molecular weight is 270 g/mol. The van der Waals surface area contributed by atoms with Crippen molar-refractivity contribution in [3.8, 4) is 0 Å². The highest BCUT2D eigenvalue weighted by Gasteiger charge is 2.20. The molecule has 0 spiro atoms. The third kappa shape index (κ3) is 2.58. The molecule has 20 heavy (non-hydrogen) atoms. The van der Waals surface area contributed by atoms with Gasteiger partial charge in [0.2, 0.25) is 0 Å². The normalized spacial score (nSPS) is 14.8. The molecular formula is C15H18N4O. The molecule has 2 aromatic rings. The molecule has 0 saturated carbocycles. The smallest absolute Gasteiger partial charge is 0.347 e. The second-order valence-electron chi connectivity index (χ2n) is 5.04. The van der Waals surface area contributed by atoms with Gasteiger partial charge in [-0.05, 0) is 5.56 Å². The number of aromatic amines is 1. The predicted octanol–water partition coefficient (Wildman–Crippen LogP) is 1.37. The fraction of sp³-hybridized carbons (Fsp3) is 0.333. The number of benzene rings is 1. The number of anilines is 1. The van der Waals surface area contributed by atoms with Gasteiger partial charge in [-0.15, -0.1) is 0 Å². The van der Waals surface area contributed by atoms with Crippen LogP contribution < -0.4 is 11.0 Å². The molecule has 3 rings (SSSR count). The lowest BCUT2D eigenvalue weighted by molar-refractivity contribution is 0.243. The second kappa shape index (κ2) is 5.46. The number of aromatic nitrogens is 2. The Hall–Kier alpha value is -2.14. The van der Waals surface area contributed by atoms with Crippen LogP contribution in [0.1, 0.15) is 16.8 Å². The summed E-state index contributed by atoms with van der Waals surface area (Å²) in [5.74, 6) is 0.696. The molecule has 0 saturated heterocycles. The van der Waals surface area contributed by atoms with Crippen molar-refractivity contribution in [1.82, 2.24) is 14.9 Å². The molecule has 5 heteroatoms. The largest absolute Gasteiger partial charge is 0.373 e. The first kappa shape index (κ1) is 12.9. The van der Waals surface area contributed by atoms with Crippen LogP contribution >= 0.6 is 0 Å². The van der Waals surface area contributed by atoms with E-state index >= 15 is 0 Å². The third-order valence-corrected chi connectivity index (χ3v) is 3.67. The lowest BCUT2D eigenvalue weighted by atomic mass is 10.1. The Morgan fingerprint density at radius 2 is 2.15 bits per heavy atom. The molecule has 1 aromatic carbocycles. The number of fused-ring (bicyclic) bond motifs is 1. The molecule has 2 N–H and O–H groups in total. The molecule has 2 heterocycles. The van der Waals surface area contributed by atoms with Crippen molar-refractivity contribution < 1.29 is 0 Å². The van der Waals surface area contributed by atoms with Crippen LogP contribution in [0.2, 0.25) is 0 Å². The van der Waals surface area contributed by atoms with Gasteiger partial charge in [-0.3, -0.25) is 4.90 Å². The first-order valence-corrected chi connectivity index (χ1v) is 6.82. The van der Waals surface area contributed by atoms with Crippen LogP contribution in [-0.4, -0.2) is 28.5 Å². The van der Waals surface area contributed by atoms with E-state index in [9.17, 15) is 4.79 Å². The zero-order chi connectivity index (χ0) is 13.9. The van der Waals surface area contributed by atoms with Crippen molar-refractivity contribution >= 4 is 5.82 Å². The Kier molecular flexibility index (Phi) is 3.52. The van der Waals surface area contributed by atoms with Gasteiger partial charge in [0.05, 0.1) is 0 Å². The molecule has 0 fully saturated rings. The first-order valence-electron chi connectivity index (χ1n) is 6.82. The van der Waals surface area contributed by atoms with E-state index in [1.165, 1.54) is 5.56 Å². The zero-order valence-corrected chi connectivity index (χ0v) is 11.5. The van der Waals surface area contributed by atoms with Gasteiger partial charge >= 0.3 is 5.69 Å². The van der Waals surface area contributed by atoms with Gasteiger partial charge in [0.15, 0.2) is 0 Å². The quantitative estimate of drug-likeness (QED) is 0.884. The summed E-state index contributed by atoms with van der Waals surface area (Å²) < 4.78 is 0. The summed E-state index contributed by atoms with van der Waals surface area (Å²) in [7, 11) is 1.80. The van der Waals surface area contributed by atoms with Crippen molar-refractivity contribution in [2.45, 2.75) is 19.5 Å². The predicted molar refractivity (Wildman–Crippen MR) is 78.7 cm³/mol. The van der Waals surface area contributed by atoms with Crippen molar-refractivity contribution in [3.63, 3.8) is 0 Å². The van der Waals surface area contributed by atoms with E-state index in [4.69, 9.17) is 0 Å². The second-order valence-corrected chi connectivity index (χ2v) is 5.04. The van der Waals surface area contributed by atoms with Crippen molar-refractivity contribution in [3.05, 3.63) is 57.6 Å². The van der Waals surface area contributed by atoms with Crippen LogP contribution in [0.25, 0.3) is 0 Å². The molecule has 104 valence electrons. The van der Waals surface area contributed by atoms with Gasteiger partial charge in [-0.25, -0.2) is 4.79 Å². The summed E-state index contributed by atoms with van der Waals surface area (Å²) in [5, 5.41) is 3.02. The monoisotopic (exact) mass is 270 g/mol. The number of nitrogens with zero attached hydrogens (tertiary/aromatic N) is 2. The Bertz CT molecular complexity index is 630. The van der Waals surface area contributed by atoms with E-state index in [2.05, 4.69) is 44.5 Å². The highest BCUT2D eigenvalue weighted by atomic mass is 16.1. The Balaban J connectivity index is 1.83. The summed E-state index contributed by atoms with van der Waals surface area (Å²) in [6.45, 7) is 2.68. The van der Waals surface area contributed by atoms with Gasteiger partial charge in [0, 0.05) is 44.4 Å². The summed E-state index contributed by atoms with van der Waals surface area (Å²) in [5.41, 5.74) is 3.15. The molecule has 1 aromatic heterocycles. The standard InChI is InChI=1S/C15H18N4O/c1-16-14-12-10-19(9-11-5-3-2-4-6-11)8-7-13(12)17-15(20)18-14/h2-6H,7-10H2,1H3,(H2,16,17,18,20). The lowest BCUT2D eigenvalue weighted by Gasteiger charge is -2.29. The molecular weight excluding hydrogens is 252 g/mol. The number of nitrogens with one attached hydrogen (secondary N) is 2. The minimum absolute atomic E-state index is 0.274. The van der Waals surface area contributed by atoms with Gasteiger partial charge in [0.25, 0.3) is 0 Å². The van der Waals surface area contributed by atoms with Crippen molar-refractivity contribution in [2.24, 2.45) is 0 Å². The third-order valence-electron chi connectivity index (χ3n) is 3.67. The van der Waals surface area contributed by atoms with Gasteiger partial charge in [0.1, 0.15) is 5.82 Å². The summed E-state index contributed by atoms with van der Waals surface area (Å²) in [4.78, 5) is 20.7. The van der Waals surface area contributed by atoms with Gasteiger partial charge in [-0.1, -0.05) is 30.3 Å². The number of H-pyrrole nitrogens is 1. The molecule has 0 aliphatic carbocycles. The molecule has 0 amide bonds. The van der Waals surface area contributed by atoms with Crippen LogP contribution in [0.3, 0.4) is 0 Å². The van der Waals surface area contributed by atoms with Gasteiger partial charge in [-0.2, -0.15) is 4.98 Å². The Morgan fingerprint density at radius 1 is 1.35 bits per heavy atom. The van der Waals surface area contributed by atoms with Crippen molar-refractivity contribution in [1.29, 1.82) is 0 Å². The molecule has 5 nitrogen and oxygen atoms in total. The highest BCUT2D eigenvalue weighted by molar-refractivity contribution is 5.46. The maximum atomic E-state index is 11.5. The molecule has 1 aliphatic rings. The summed E-state index contributed by atoms with van der Waals surface area (Å²) in [6.07, 6.45) is 0.856. The Morgan fingerprint density at radius 3 is 2.90 bits per heavy atom. The van der Waals surface area contributed by atoms with E-state index < -0.39 is 0 Å². The van der Waals surface area contributed by atoms with E-state index in [1.54, 1.807) is 7.05 Å². The average Bonchev–Trinajstić information content (AvgIpc) is 2.48. The molecule has 1 aliphatic heterocycles. The topological polar surface area (TPSA) is 61.0 Å². The zero-order valence-electron chi connectivity index (χ0n) is 11.5.